The molecule has 0 aromatic heterocycles. The molecule has 4 nitrogen and oxygen atoms in total. The van der Waals surface area contributed by atoms with Crippen molar-refractivity contribution >= 4 is 21.6 Å². The van der Waals surface area contributed by atoms with Crippen LogP contribution in [0.3, 0.4) is 0 Å². The van der Waals surface area contributed by atoms with Gasteiger partial charge in [0, 0.05) is 0 Å². The van der Waals surface area contributed by atoms with Gasteiger partial charge in [-0.1, -0.05) is 0 Å². The molecule has 1 aromatic carbocycles. The van der Waals surface area contributed by atoms with Crippen LogP contribution in [0.15, 0.2) is 16.6 Å². The molecule has 0 aliphatic heterocycles. The molecule has 0 atom stereocenters. The number of halogens is 2. The number of hydrogen-bond acceptors (Lipinski definition) is 3. The van der Waals surface area contributed by atoms with Crippen LogP contribution in [-0.4, -0.2) is 11.5 Å². The second kappa shape index (κ2) is 4.36. The van der Waals surface area contributed by atoms with Crippen molar-refractivity contribution in [2.75, 3.05) is 6.61 Å². The third-order valence-electron chi connectivity index (χ3n) is 1.51. The molecular weight excluding hydrogens is 257 g/mol. The van der Waals surface area contributed by atoms with Gasteiger partial charge in [0.1, 0.15) is 10.3 Å². The maximum absolute atomic E-state index is 13.0. The number of hydrogen-bond donors (Lipinski definition) is 0. The minimum absolute atomic E-state index is 0.0609. The average Bonchev–Trinajstić information content (AvgIpc) is 2.11. The molecule has 0 fully saturated rings. The van der Waals surface area contributed by atoms with Crippen LogP contribution in [0.25, 0.3) is 0 Å². The molecule has 1 aromatic rings. The normalized spacial score (nSPS) is 9.93. The van der Waals surface area contributed by atoms with Crippen LogP contribution < -0.4 is 4.74 Å². The Balaban J connectivity index is 3.30. The molecule has 14 heavy (non-hydrogen) atoms. The zero-order chi connectivity index (χ0) is 10.7. The number of nitrogens with zero attached hydrogens (tertiary/aromatic N) is 1. The van der Waals surface area contributed by atoms with E-state index in [1.54, 1.807) is 6.92 Å². The molecule has 0 aliphatic carbocycles. The van der Waals surface area contributed by atoms with Crippen molar-refractivity contribution < 1.29 is 14.1 Å². The van der Waals surface area contributed by atoms with Gasteiger partial charge < -0.3 is 4.74 Å². The summed E-state index contributed by atoms with van der Waals surface area (Å²) in [7, 11) is 0. The van der Waals surface area contributed by atoms with E-state index in [0.717, 1.165) is 6.07 Å². The van der Waals surface area contributed by atoms with E-state index in [0.29, 0.717) is 6.61 Å². The minimum atomic E-state index is -0.682. The SMILES string of the molecule is CCOc1ccc(F)c(Br)c1[N+](=O)[O-]. The second-order valence-corrected chi connectivity index (χ2v) is 3.19. The largest absolute Gasteiger partial charge is 0.487 e. The summed E-state index contributed by atoms with van der Waals surface area (Å²) in [4.78, 5) is 9.92. The molecule has 0 bridgehead atoms. The highest BCUT2D eigenvalue weighted by atomic mass is 79.9. The maximum Gasteiger partial charge on any atom is 0.327 e. The van der Waals surface area contributed by atoms with Crippen LogP contribution in [0, 0.1) is 15.9 Å². The van der Waals surface area contributed by atoms with E-state index in [1.165, 1.54) is 6.07 Å². The van der Waals surface area contributed by atoms with Gasteiger partial charge in [-0.25, -0.2) is 4.39 Å². The molecule has 0 radical (unpaired) electrons. The van der Waals surface area contributed by atoms with Gasteiger partial charge in [0.25, 0.3) is 0 Å². The van der Waals surface area contributed by atoms with Crippen LogP contribution >= 0.6 is 15.9 Å². The number of ether oxygens (including phenoxy) is 1. The molecule has 0 unspecified atom stereocenters. The summed E-state index contributed by atoms with van der Waals surface area (Å²) in [6, 6.07) is 2.35. The van der Waals surface area contributed by atoms with Gasteiger partial charge in [-0.05, 0) is 35.0 Å². The quantitative estimate of drug-likeness (QED) is 0.623. The van der Waals surface area contributed by atoms with Crippen molar-refractivity contribution in [1.82, 2.24) is 0 Å². The van der Waals surface area contributed by atoms with Crippen molar-refractivity contribution in [3.63, 3.8) is 0 Å². The van der Waals surface area contributed by atoms with Gasteiger partial charge in [0.2, 0.25) is 0 Å². The molecule has 0 spiro atoms. The average molecular weight is 264 g/mol. The Morgan fingerprint density at radius 1 is 1.64 bits per heavy atom. The lowest BCUT2D eigenvalue weighted by Gasteiger charge is -2.05. The van der Waals surface area contributed by atoms with Gasteiger partial charge in [-0.2, -0.15) is 0 Å². The summed E-state index contributed by atoms with van der Waals surface area (Å²) < 4.78 is 17.8. The smallest absolute Gasteiger partial charge is 0.327 e. The van der Waals surface area contributed by atoms with E-state index >= 15 is 0 Å². The first kappa shape index (κ1) is 10.9. The topological polar surface area (TPSA) is 52.4 Å². The fourth-order valence-electron chi connectivity index (χ4n) is 0.964. The number of rotatable bonds is 3. The van der Waals surface area contributed by atoms with Gasteiger partial charge >= 0.3 is 5.69 Å². The third kappa shape index (κ3) is 2.01. The molecule has 0 aliphatic rings. The number of nitro groups is 1. The van der Waals surface area contributed by atoms with Crippen molar-refractivity contribution in [3.05, 3.63) is 32.5 Å². The van der Waals surface area contributed by atoms with Crippen molar-refractivity contribution in [2.45, 2.75) is 6.92 Å². The number of benzene rings is 1. The predicted octanol–water partition coefficient (Wildman–Crippen LogP) is 2.90. The Morgan fingerprint density at radius 3 is 2.79 bits per heavy atom. The highest BCUT2D eigenvalue weighted by Crippen LogP contribution is 2.36. The van der Waals surface area contributed by atoms with Gasteiger partial charge in [0.15, 0.2) is 5.75 Å². The lowest BCUT2D eigenvalue weighted by Crippen LogP contribution is -1.99. The summed E-state index contributed by atoms with van der Waals surface area (Å²) >= 11 is 2.80. The summed E-state index contributed by atoms with van der Waals surface area (Å²) in [6.07, 6.45) is 0. The summed E-state index contributed by atoms with van der Waals surface area (Å²) in [5, 5.41) is 10.6. The van der Waals surface area contributed by atoms with E-state index in [4.69, 9.17) is 4.74 Å². The molecule has 0 amide bonds. The van der Waals surface area contributed by atoms with Crippen LogP contribution in [0.1, 0.15) is 6.92 Å². The van der Waals surface area contributed by atoms with Crippen molar-refractivity contribution in [1.29, 1.82) is 0 Å². The van der Waals surface area contributed by atoms with Crippen molar-refractivity contribution in [2.24, 2.45) is 0 Å². The Morgan fingerprint density at radius 2 is 2.29 bits per heavy atom. The van der Waals surface area contributed by atoms with Crippen LogP contribution in [0.2, 0.25) is 0 Å². The first-order chi connectivity index (χ1) is 6.57. The lowest BCUT2D eigenvalue weighted by molar-refractivity contribution is -0.386. The van der Waals surface area contributed by atoms with E-state index in [-0.39, 0.29) is 15.9 Å². The first-order valence-corrected chi connectivity index (χ1v) is 4.62. The fraction of sp³-hybridized carbons (Fsp3) is 0.250. The molecule has 1 rings (SSSR count). The monoisotopic (exact) mass is 263 g/mol. The highest BCUT2D eigenvalue weighted by Gasteiger charge is 2.22. The summed E-state index contributed by atoms with van der Waals surface area (Å²) in [5.74, 6) is -0.620. The Bertz CT molecular complexity index is 370. The van der Waals surface area contributed by atoms with Crippen LogP contribution in [0.5, 0.6) is 5.75 Å². The fourth-order valence-corrected chi connectivity index (χ4v) is 1.44. The molecule has 0 N–H and O–H groups in total. The van der Waals surface area contributed by atoms with Gasteiger partial charge in [-0.15, -0.1) is 0 Å². The molecule has 76 valence electrons. The van der Waals surface area contributed by atoms with Crippen molar-refractivity contribution in [3.8, 4) is 5.75 Å². The standard InChI is InChI=1S/C8H7BrFNO3/c1-2-14-6-4-3-5(10)7(9)8(6)11(12)13/h3-4H,2H2,1H3. The zero-order valence-electron chi connectivity index (χ0n) is 7.29. The Labute approximate surface area is 88.0 Å². The van der Waals surface area contributed by atoms with Crippen LogP contribution in [-0.2, 0) is 0 Å². The molecule has 0 saturated carbocycles. The molecule has 0 heterocycles. The van der Waals surface area contributed by atoms with Gasteiger partial charge in [0.05, 0.1) is 11.5 Å². The first-order valence-electron chi connectivity index (χ1n) is 3.83. The number of nitro benzene ring substituents is 1. The second-order valence-electron chi connectivity index (χ2n) is 2.40. The lowest BCUT2D eigenvalue weighted by atomic mass is 10.3. The predicted molar refractivity (Wildman–Crippen MR) is 51.9 cm³/mol. The van der Waals surface area contributed by atoms with E-state index in [2.05, 4.69) is 15.9 Å². The molecular formula is C8H7BrFNO3. The summed E-state index contributed by atoms with van der Waals surface area (Å²) in [5.41, 5.74) is -0.383. The van der Waals surface area contributed by atoms with E-state index < -0.39 is 10.7 Å². The Kier molecular flexibility index (Phi) is 3.40. The van der Waals surface area contributed by atoms with Gasteiger partial charge in [-0.3, -0.25) is 10.1 Å². The van der Waals surface area contributed by atoms with Crippen LogP contribution in [0.4, 0.5) is 10.1 Å². The minimum Gasteiger partial charge on any atom is -0.487 e. The molecule has 6 heteroatoms. The summed E-state index contributed by atoms with van der Waals surface area (Å²) in [6.45, 7) is 1.99. The van der Waals surface area contributed by atoms with E-state index in [1.807, 2.05) is 0 Å². The highest BCUT2D eigenvalue weighted by molar-refractivity contribution is 9.10. The third-order valence-corrected chi connectivity index (χ3v) is 2.27. The maximum atomic E-state index is 13.0. The molecule has 0 saturated heterocycles. The van der Waals surface area contributed by atoms with E-state index in [9.17, 15) is 14.5 Å². The Hall–Kier alpha value is -1.17. The zero-order valence-corrected chi connectivity index (χ0v) is 8.88.